The molecule has 1 aliphatic heterocycles. The summed E-state index contributed by atoms with van der Waals surface area (Å²) >= 11 is 0. The van der Waals surface area contributed by atoms with Gasteiger partial charge < -0.3 is 39.9 Å². The van der Waals surface area contributed by atoms with Gasteiger partial charge in [-0.1, -0.05) is 0 Å². The lowest BCUT2D eigenvalue weighted by atomic mass is 10.1. The van der Waals surface area contributed by atoms with E-state index >= 15 is 0 Å². The third kappa shape index (κ3) is 6.42. The lowest BCUT2D eigenvalue weighted by Crippen LogP contribution is -2.36. The van der Waals surface area contributed by atoms with Gasteiger partial charge >= 0.3 is 29.4 Å². The number of esters is 1. The lowest BCUT2D eigenvalue weighted by Gasteiger charge is -2.21. The van der Waals surface area contributed by atoms with E-state index < -0.39 is 60.6 Å². The van der Waals surface area contributed by atoms with E-state index in [1.54, 1.807) is 0 Å². The highest BCUT2D eigenvalue weighted by Crippen LogP contribution is 2.66. The Morgan fingerprint density at radius 1 is 1.15 bits per heavy atom. The Morgan fingerprint density at radius 2 is 1.82 bits per heavy atom. The number of phosphoric ester groups is 1. The van der Waals surface area contributed by atoms with Crippen molar-refractivity contribution in [1.29, 1.82) is 0 Å². The van der Waals surface area contributed by atoms with E-state index in [1.165, 1.54) is 10.9 Å². The quantitative estimate of drug-likeness (QED) is 0.160. The highest BCUT2D eigenvalue weighted by Gasteiger charge is 2.49. The fraction of sp³-hybridized carbons (Fsp3) is 0.500. The number of nitrogen functional groups attached to an aromatic ring is 1. The molecule has 190 valence electrons. The van der Waals surface area contributed by atoms with Crippen molar-refractivity contribution < 1.29 is 65.8 Å². The molecule has 3 rings (SSSR count). The van der Waals surface area contributed by atoms with Gasteiger partial charge in [0.15, 0.2) is 23.8 Å². The number of hydrogen-bond acceptors (Lipinski definition) is 14. The van der Waals surface area contributed by atoms with Crippen LogP contribution in [0.2, 0.25) is 0 Å². The molecule has 0 spiro atoms. The van der Waals surface area contributed by atoms with Crippen molar-refractivity contribution in [2.45, 2.75) is 31.5 Å². The molecule has 0 amide bonds. The van der Waals surface area contributed by atoms with Gasteiger partial charge in [-0.3, -0.25) is 13.9 Å². The number of nitrogens with two attached hydrogens (primary N) is 1. The molecule has 3 heterocycles. The first-order valence-electron chi connectivity index (χ1n) is 8.81. The number of rotatable bonds is 9. The Bertz CT molecular complexity index is 1220. The smallest absolute Gasteiger partial charge is 0.455 e. The number of carbonyl (C=O) groups excluding carboxylic acids is 1. The van der Waals surface area contributed by atoms with Crippen molar-refractivity contribution >= 4 is 46.4 Å². The van der Waals surface area contributed by atoms with Gasteiger partial charge in [0.25, 0.3) is 0 Å². The standard InChI is InChI=1S/C12H18N5O14P3/c1-5(18)28-9-8(19)6(2-27-33(23,24)31-34(25,26)30-32(20,21)22)29-12(9)17-4-16-7-10(13)14-3-15-11(7)17/h3-4,6,8-9,12,19H,2H2,1H3,(H,23,24)(H,25,26)(H2,13,14,15)(H2,20,21,22). The van der Waals surface area contributed by atoms with Gasteiger partial charge in [0, 0.05) is 6.92 Å². The number of ether oxygens (including phenoxy) is 2. The minimum absolute atomic E-state index is 0.0236. The van der Waals surface area contributed by atoms with Crippen LogP contribution in [0, 0.1) is 0 Å². The van der Waals surface area contributed by atoms with E-state index in [0.717, 1.165) is 13.3 Å². The number of anilines is 1. The number of imidazole rings is 1. The van der Waals surface area contributed by atoms with Gasteiger partial charge in [-0.15, -0.1) is 0 Å². The Kier molecular flexibility index (Phi) is 7.60. The summed E-state index contributed by atoms with van der Waals surface area (Å²) in [5.74, 6) is -0.791. The molecular weight excluding hydrogens is 531 g/mol. The molecular formula is C12H18N5O14P3. The van der Waals surface area contributed by atoms with E-state index in [1.807, 2.05) is 0 Å². The van der Waals surface area contributed by atoms with Crippen LogP contribution < -0.4 is 5.73 Å². The topological polar surface area (TPSA) is 285 Å². The van der Waals surface area contributed by atoms with E-state index in [0.29, 0.717) is 0 Å². The summed E-state index contributed by atoms with van der Waals surface area (Å²) in [6.45, 7) is 0.0677. The van der Waals surface area contributed by atoms with Gasteiger partial charge in [0.2, 0.25) is 0 Å². The second kappa shape index (κ2) is 9.66. The zero-order valence-corrected chi connectivity index (χ0v) is 19.5. The summed E-state index contributed by atoms with van der Waals surface area (Å²) < 4.78 is 57.7. The molecule has 1 fully saturated rings. The van der Waals surface area contributed by atoms with E-state index in [4.69, 9.17) is 25.0 Å². The van der Waals surface area contributed by atoms with Gasteiger partial charge in [0.05, 0.1) is 12.9 Å². The summed E-state index contributed by atoms with van der Waals surface area (Å²) in [6.07, 6.45) is -3.52. The number of aliphatic hydroxyl groups is 1. The van der Waals surface area contributed by atoms with Crippen LogP contribution in [0.1, 0.15) is 13.2 Å². The number of nitrogens with zero attached hydrogens (tertiary/aromatic N) is 4. The maximum atomic E-state index is 11.9. The molecule has 0 radical (unpaired) electrons. The van der Waals surface area contributed by atoms with Crippen molar-refractivity contribution in [3.63, 3.8) is 0 Å². The van der Waals surface area contributed by atoms with Crippen molar-refractivity contribution in [2.75, 3.05) is 12.3 Å². The van der Waals surface area contributed by atoms with Crippen LogP contribution >= 0.6 is 23.5 Å². The SMILES string of the molecule is CC(=O)OC1C(O)C(COP(=O)(O)OP(=O)(O)OP(=O)(O)O)OC1n1cnc2c(N)ncnc21. The third-order valence-electron chi connectivity index (χ3n) is 4.09. The first-order valence-corrected chi connectivity index (χ1v) is 13.3. The predicted octanol–water partition coefficient (Wildman–Crippen LogP) is -1.06. The molecule has 6 unspecified atom stereocenters. The van der Waals surface area contributed by atoms with Crippen LogP contribution in [0.3, 0.4) is 0 Å². The van der Waals surface area contributed by atoms with Gasteiger partial charge in [0.1, 0.15) is 24.1 Å². The number of aromatic nitrogens is 4. The van der Waals surface area contributed by atoms with Crippen molar-refractivity contribution in [3.8, 4) is 0 Å². The summed E-state index contributed by atoms with van der Waals surface area (Å²) in [4.78, 5) is 59.2. The molecule has 19 nitrogen and oxygen atoms in total. The van der Waals surface area contributed by atoms with Crippen LogP contribution in [0.15, 0.2) is 12.7 Å². The largest absolute Gasteiger partial charge is 0.490 e. The van der Waals surface area contributed by atoms with Crippen LogP contribution in [-0.4, -0.2) is 75.1 Å². The summed E-state index contributed by atoms with van der Waals surface area (Å²) in [6, 6.07) is 0. The van der Waals surface area contributed by atoms with Gasteiger partial charge in [-0.25, -0.2) is 28.6 Å². The number of hydrogen-bond donors (Lipinski definition) is 6. The minimum atomic E-state index is -5.74. The maximum Gasteiger partial charge on any atom is 0.490 e. The molecule has 2 aromatic heterocycles. The second-order valence-corrected chi connectivity index (χ2v) is 11.0. The van der Waals surface area contributed by atoms with Gasteiger partial charge in [-0.2, -0.15) is 8.62 Å². The molecule has 7 N–H and O–H groups in total. The summed E-state index contributed by atoms with van der Waals surface area (Å²) in [5, 5.41) is 10.6. The molecule has 0 aromatic carbocycles. The molecule has 0 aliphatic carbocycles. The second-order valence-electron chi connectivity index (χ2n) is 6.60. The highest BCUT2D eigenvalue weighted by atomic mass is 31.3. The average Bonchev–Trinajstić information content (AvgIpc) is 3.20. The maximum absolute atomic E-state index is 11.9. The Morgan fingerprint density at radius 3 is 2.44 bits per heavy atom. The van der Waals surface area contributed by atoms with Crippen LogP contribution in [0.5, 0.6) is 0 Å². The van der Waals surface area contributed by atoms with Crippen molar-refractivity contribution in [1.82, 2.24) is 19.5 Å². The number of aliphatic hydroxyl groups excluding tert-OH is 1. The number of fused-ring (bicyclic) bond motifs is 1. The normalized spacial score (nSPS) is 26.8. The molecule has 6 atom stereocenters. The van der Waals surface area contributed by atoms with Crippen LogP contribution in [0.25, 0.3) is 11.2 Å². The highest BCUT2D eigenvalue weighted by molar-refractivity contribution is 7.66. The van der Waals surface area contributed by atoms with E-state index in [9.17, 15) is 33.4 Å². The molecule has 0 saturated carbocycles. The van der Waals surface area contributed by atoms with Crippen molar-refractivity contribution in [2.24, 2.45) is 0 Å². The Hall–Kier alpha value is -1.85. The average molecular weight is 549 g/mol. The minimum Gasteiger partial charge on any atom is -0.455 e. The fourth-order valence-electron chi connectivity index (χ4n) is 2.93. The molecule has 0 bridgehead atoms. The summed E-state index contributed by atoms with van der Waals surface area (Å²) in [7, 11) is -16.8. The zero-order chi connectivity index (χ0) is 25.5. The fourth-order valence-corrected chi connectivity index (χ4v) is 5.96. The third-order valence-corrected chi connectivity index (χ3v) is 7.90. The number of phosphoric acid groups is 3. The predicted molar refractivity (Wildman–Crippen MR) is 105 cm³/mol. The Labute approximate surface area is 188 Å². The monoisotopic (exact) mass is 549 g/mol. The van der Waals surface area contributed by atoms with E-state index in [2.05, 4.69) is 28.1 Å². The molecule has 1 aliphatic rings. The Balaban J connectivity index is 1.78. The first-order chi connectivity index (χ1) is 15.6. The van der Waals surface area contributed by atoms with Crippen molar-refractivity contribution in [3.05, 3.63) is 12.7 Å². The van der Waals surface area contributed by atoms with Gasteiger partial charge in [-0.05, 0) is 0 Å². The molecule has 22 heteroatoms. The first kappa shape index (κ1) is 26.7. The molecule has 34 heavy (non-hydrogen) atoms. The lowest BCUT2D eigenvalue weighted by molar-refractivity contribution is -0.155. The number of carbonyl (C=O) groups is 1. The van der Waals surface area contributed by atoms with E-state index in [-0.39, 0.29) is 17.0 Å². The van der Waals surface area contributed by atoms with Crippen LogP contribution in [-0.2, 0) is 41.1 Å². The summed E-state index contributed by atoms with van der Waals surface area (Å²) in [5.41, 5.74) is 6.03. The molecule has 2 aromatic rings. The van der Waals surface area contributed by atoms with Crippen LogP contribution in [0.4, 0.5) is 5.82 Å². The molecule has 1 saturated heterocycles. The zero-order valence-electron chi connectivity index (χ0n) is 16.8.